The smallest absolute Gasteiger partial charge is 0.0492 e. The van der Waals surface area contributed by atoms with Gasteiger partial charge < -0.3 is 10.5 Å². The zero-order chi connectivity index (χ0) is 9.23. The minimum atomic E-state index is 0.290. The van der Waals surface area contributed by atoms with E-state index in [-0.39, 0.29) is 0 Å². The lowest BCUT2D eigenvalue weighted by Crippen LogP contribution is -2.11. The van der Waals surface area contributed by atoms with E-state index in [4.69, 9.17) is 16.0 Å². The molecule has 0 aromatic heterocycles. The van der Waals surface area contributed by atoms with E-state index in [0.717, 1.165) is 6.42 Å². The number of nitrogens with two attached hydrogens (primary N) is 1. The maximum Gasteiger partial charge on any atom is 0.0492 e. The minimum Gasteiger partial charge on any atom is -0.381 e. The van der Waals surface area contributed by atoms with Gasteiger partial charge in [-0.15, -0.1) is 0 Å². The summed E-state index contributed by atoms with van der Waals surface area (Å²) in [7, 11) is 0. The van der Waals surface area contributed by atoms with E-state index in [1.807, 2.05) is 6.92 Å². The molecule has 5 nitrogen and oxygen atoms in total. The van der Waals surface area contributed by atoms with Gasteiger partial charge in [-0.25, -0.2) is 0 Å². The highest BCUT2D eigenvalue weighted by atomic mass is 16.5. The second-order valence-electron chi connectivity index (χ2n) is 2.74. The molecular formula is C7H16N4O. The van der Waals surface area contributed by atoms with Crippen molar-refractivity contribution in [2.45, 2.75) is 13.3 Å². The molecule has 0 aliphatic rings. The Balaban J connectivity index is 3.18. The van der Waals surface area contributed by atoms with Crippen molar-refractivity contribution < 1.29 is 4.74 Å². The monoisotopic (exact) mass is 172 g/mol. The van der Waals surface area contributed by atoms with Crippen molar-refractivity contribution in [3.63, 3.8) is 0 Å². The number of azide groups is 1. The zero-order valence-electron chi connectivity index (χ0n) is 7.44. The van der Waals surface area contributed by atoms with Gasteiger partial charge >= 0.3 is 0 Å². The van der Waals surface area contributed by atoms with Gasteiger partial charge in [0.1, 0.15) is 0 Å². The third-order valence-electron chi connectivity index (χ3n) is 1.35. The molecule has 0 spiro atoms. The average molecular weight is 172 g/mol. The molecule has 0 fully saturated rings. The van der Waals surface area contributed by atoms with Crippen molar-refractivity contribution >= 4 is 0 Å². The molecular weight excluding hydrogens is 156 g/mol. The Hall–Kier alpha value is -0.770. The molecule has 0 aromatic carbocycles. The van der Waals surface area contributed by atoms with Gasteiger partial charge in [0, 0.05) is 24.7 Å². The highest BCUT2D eigenvalue weighted by Crippen LogP contribution is 1.96. The molecule has 0 saturated heterocycles. The Morgan fingerprint density at radius 3 is 3.00 bits per heavy atom. The van der Waals surface area contributed by atoms with Crippen LogP contribution in [0.15, 0.2) is 5.11 Å². The number of hydrogen-bond acceptors (Lipinski definition) is 3. The summed E-state index contributed by atoms with van der Waals surface area (Å²) in [5.74, 6) is 0.290. The Morgan fingerprint density at radius 1 is 1.67 bits per heavy atom. The summed E-state index contributed by atoms with van der Waals surface area (Å²) >= 11 is 0. The van der Waals surface area contributed by atoms with Crippen LogP contribution in [-0.2, 0) is 4.74 Å². The standard InChI is InChI=1S/C7H16N4O/c1-7(5-10-11-9)6-12-4-2-3-8/h7H,2-6,8H2,1H3. The Kier molecular flexibility index (Phi) is 7.79. The van der Waals surface area contributed by atoms with Crippen molar-refractivity contribution in [1.82, 2.24) is 0 Å². The molecule has 0 rings (SSSR count). The highest BCUT2D eigenvalue weighted by Gasteiger charge is 1.99. The molecule has 12 heavy (non-hydrogen) atoms. The highest BCUT2D eigenvalue weighted by molar-refractivity contribution is 4.55. The first kappa shape index (κ1) is 11.2. The first-order valence-electron chi connectivity index (χ1n) is 4.10. The van der Waals surface area contributed by atoms with Gasteiger partial charge in [-0.1, -0.05) is 12.0 Å². The molecule has 0 amide bonds. The number of hydrogen-bond donors (Lipinski definition) is 1. The van der Waals surface area contributed by atoms with Crippen LogP contribution in [0.1, 0.15) is 13.3 Å². The Labute approximate surface area is 72.5 Å². The summed E-state index contributed by atoms with van der Waals surface area (Å²) in [5, 5.41) is 3.45. The first-order chi connectivity index (χ1) is 5.81. The molecule has 0 aliphatic heterocycles. The van der Waals surface area contributed by atoms with Crippen LogP contribution in [0.3, 0.4) is 0 Å². The van der Waals surface area contributed by atoms with Crippen molar-refractivity contribution in [1.29, 1.82) is 0 Å². The lowest BCUT2D eigenvalue weighted by molar-refractivity contribution is 0.106. The van der Waals surface area contributed by atoms with E-state index >= 15 is 0 Å². The fourth-order valence-corrected chi connectivity index (χ4v) is 0.699. The molecule has 70 valence electrons. The first-order valence-corrected chi connectivity index (χ1v) is 4.10. The maximum absolute atomic E-state index is 8.03. The van der Waals surface area contributed by atoms with Crippen LogP contribution in [0.25, 0.3) is 10.4 Å². The van der Waals surface area contributed by atoms with E-state index < -0.39 is 0 Å². The predicted octanol–water partition coefficient (Wildman–Crippen LogP) is 1.30. The van der Waals surface area contributed by atoms with Crippen molar-refractivity contribution in [3.8, 4) is 0 Å². The fraction of sp³-hybridized carbons (Fsp3) is 1.00. The van der Waals surface area contributed by atoms with Crippen LogP contribution >= 0.6 is 0 Å². The molecule has 0 saturated carbocycles. The van der Waals surface area contributed by atoms with Crippen LogP contribution < -0.4 is 5.73 Å². The molecule has 0 heterocycles. The summed E-state index contributed by atoms with van der Waals surface area (Å²) in [5.41, 5.74) is 13.3. The van der Waals surface area contributed by atoms with Gasteiger partial charge in [0.15, 0.2) is 0 Å². The zero-order valence-corrected chi connectivity index (χ0v) is 7.44. The second kappa shape index (κ2) is 8.33. The molecule has 5 heteroatoms. The van der Waals surface area contributed by atoms with Crippen molar-refractivity contribution in [2.24, 2.45) is 16.8 Å². The summed E-state index contributed by atoms with van der Waals surface area (Å²) in [6.45, 7) is 4.47. The van der Waals surface area contributed by atoms with Gasteiger partial charge in [-0.05, 0) is 24.4 Å². The Bertz CT molecular complexity index is 144. The SMILES string of the molecule is CC(CN=[N+]=[N-])COCCCN. The van der Waals surface area contributed by atoms with Crippen LogP contribution in [-0.4, -0.2) is 26.3 Å². The summed E-state index contributed by atoms with van der Waals surface area (Å²) in [4.78, 5) is 2.67. The average Bonchev–Trinajstić information content (AvgIpc) is 2.09. The van der Waals surface area contributed by atoms with Crippen molar-refractivity contribution in [3.05, 3.63) is 10.4 Å². The summed E-state index contributed by atoms with van der Waals surface area (Å²) < 4.78 is 5.27. The van der Waals surface area contributed by atoms with Gasteiger partial charge in [0.2, 0.25) is 0 Å². The van der Waals surface area contributed by atoms with Gasteiger partial charge in [0.25, 0.3) is 0 Å². The lowest BCUT2D eigenvalue weighted by atomic mass is 10.2. The van der Waals surface area contributed by atoms with Crippen LogP contribution in [0.2, 0.25) is 0 Å². The van der Waals surface area contributed by atoms with Crippen LogP contribution in [0.5, 0.6) is 0 Å². The normalized spacial score (nSPS) is 12.2. The largest absolute Gasteiger partial charge is 0.381 e. The molecule has 2 N–H and O–H groups in total. The van der Waals surface area contributed by atoms with E-state index in [0.29, 0.717) is 32.2 Å². The van der Waals surface area contributed by atoms with Gasteiger partial charge in [-0.2, -0.15) is 0 Å². The number of nitrogens with zero attached hydrogens (tertiary/aromatic N) is 3. The summed E-state index contributed by atoms with van der Waals surface area (Å²) in [6.07, 6.45) is 0.883. The molecule has 1 unspecified atom stereocenters. The predicted molar refractivity (Wildman–Crippen MR) is 47.7 cm³/mol. The molecule has 0 bridgehead atoms. The van der Waals surface area contributed by atoms with E-state index in [1.165, 1.54) is 0 Å². The Morgan fingerprint density at radius 2 is 2.42 bits per heavy atom. The number of rotatable bonds is 7. The molecule has 0 radical (unpaired) electrons. The maximum atomic E-state index is 8.03. The fourth-order valence-electron chi connectivity index (χ4n) is 0.699. The molecule has 0 aromatic rings. The summed E-state index contributed by atoms with van der Waals surface area (Å²) in [6, 6.07) is 0. The lowest BCUT2D eigenvalue weighted by Gasteiger charge is -2.07. The van der Waals surface area contributed by atoms with Crippen molar-refractivity contribution in [2.75, 3.05) is 26.3 Å². The van der Waals surface area contributed by atoms with Crippen LogP contribution in [0.4, 0.5) is 0 Å². The van der Waals surface area contributed by atoms with E-state index in [9.17, 15) is 0 Å². The quantitative estimate of drug-likeness (QED) is 0.271. The topological polar surface area (TPSA) is 84.0 Å². The van der Waals surface area contributed by atoms with E-state index in [1.54, 1.807) is 0 Å². The van der Waals surface area contributed by atoms with Gasteiger partial charge in [0.05, 0.1) is 0 Å². The molecule has 1 atom stereocenters. The van der Waals surface area contributed by atoms with Gasteiger partial charge in [-0.3, -0.25) is 0 Å². The third kappa shape index (κ3) is 7.34. The molecule has 0 aliphatic carbocycles. The second-order valence-corrected chi connectivity index (χ2v) is 2.74. The third-order valence-corrected chi connectivity index (χ3v) is 1.35. The van der Waals surface area contributed by atoms with Crippen LogP contribution in [0, 0.1) is 5.92 Å². The van der Waals surface area contributed by atoms with E-state index in [2.05, 4.69) is 10.0 Å². The minimum absolute atomic E-state index is 0.290. The number of ether oxygens (including phenoxy) is 1.